The molecule has 0 spiro atoms. The first-order chi connectivity index (χ1) is 6.24. The molecule has 1 aliphatic rings. The highest BCUT2D eigenvalue weighted by atomic mass is 35.5. The smallest absolute Gasteiger partial charge is 0.102 e. The molecule has 1 aliphatic carbocycles. The van der Waals surface area contributed by atoms with Crippen molar-refractivity contribution in [3.63, 3.8) is 0 Å². The van der Waals surface area contributed by atoms with Crippen molar-refractivity contribution in [2.24, 2.45) is 5.73 Å². The molecular weight excluding hydrogens is 184 g/mol. The van der Waals surface area contributed by atoms with Crippen LogP contribution >= 0.6 is 11.6 Å². The van der Waals surface area contributed by atoms with Gasteiger partial charge in [0.2, 0.25) is 0 Å². The molecule has 0 fully saturated rings. The van der Waals surface area contributed by atoms with Crippen molar-refractivity contribution in [2.75, 3.05) is 0 Å². The monoisotopic (exact) mass is 190 g/mol. The minimum Gasteiger partial charge on any atom is -0.401 e. The third-order valence-corrected chi connectivity index (χ3v) is 2.54. The molecule has 0 aliphatic heterocycles. The molecule has 1 aromatic carbocycles. The van der Waals surface area contributed by atoms with Gasteiger partial charge in [-0.15, -0.1) is 0 Å². The van der Waals surface area contributed by atoms with Gasteiger partial charge in [0.05, 0.1) is 5.57 Å². The zero-order chi connectivity index (χ0) is 9.42. The van der Waals surface area contributed by atoms with Crippen molar-refractivity contribution in [2.45, 2.75) is 6.42 Å². The molecule has 0 aromatic heterocycles. The van der Waals surface area contributed by atoms with Crippen molar-refractivity contribution >= 4 is 17.2 Å². The van der Waals surface area contributed by atoms with Crippen LogP contribution in [0.1, 0.15) is 11.1 Å². The van der Waals surface area contributed by atoms with E-state index in [1.807, 2.05) is 18.2 Å². The first-order valence-electron chi connectivity index (χ1n) is 3.90. The van der Waals surface area contributed by atoms with E-state index < -0.39 is 0 Å². The fourth-order valence-electron chi connectivity index (χ4n) is 1.56. The summed E-state index contributed by atoms with van der Waals surface area (Å²) in [5.74, 6) is 0. The molecule has 64 valence electrons. The first kappa shape index (κ1) is 8.15. The van der Waals surface area contributed by atoms with Crippen LogP contribution in [-0.2, 0) is 6.42 Å². The summed E-state index contributed by atoms with van der Waals surface area (Å²) in [5, 5.41) is 9.53. The van der Waals surface area contributed by atoms with E-state index in [0.29, 0.717) is 22.7 Å². The van der Waals surface area contributed by atoms with E-state index in [0.717, 1.165) is 11.1 Å². The van der Waals surface area contributed by atoms with E-state index in [1.165, 1.54) is 0 Å². The lowest BCUT2D eigenvalue weighted by atomic mass is 10.1. The van der Waals surface area contributed by atoms with Crippen LogP contribution in [0.3, 0.4) is 0 Å². The minimum atomic E-state index is 0.567. The lowest BCUT2D eigenvalue weighted by Gasteiger charge is -2.00. The van der Waals surface area contributed by atoms with Crippen LogP contribution in [0.4, 0.5) is 0 Å². The maximum absolute atomic E-state index is 8.84. The third kappa shape index (κ3) is 1.09. The van der Waals surface area contributed by atoms with E-state index >= 15 is 0 Å². The van der Waals surface area contributed by atoms with Gasteiger partial charge in [0.1, 0.15) is 6.07 Å². The normalized spacial score (nSPS) is 14.2. The first-order valence-corrected chi connectivity index (χ1v) is 4.28. The van der Waals surface area contributed by atoms with Crippen LogP contribution < -0.4 is 5.73 Å². The summed E-state index contributed by atoms with van der Waals surface area (Å²) >= 11 is 5.97. The number of allylic oxidation sites excluding steroid dienone is 2. The maximum Gasteiger partial charge on any atom is 0.102 e. The van der Waals surface area contributed by atoms with Crippen LogP contribution in [0.15, 0.2) is 23.9 Å². The molecule has 1 aromatic rings. The average Bonchev–Trinajstić information content (AvgIpc) is 2.43. The Balaban J connectivity index is 2.67. The topological polar surface area (TPSA) is 49.8 Å². The van der Waals surface area contributed by atoms with Gasteiger partial charge in [-0.3, -0.25) is 0 Å². The Hall–Kier alpha value is -1.46. The molecule has 2 rings (SSSR count). The second-order valence-corrected chi connectivity index (χ2v) is 3.36. The third-order valence-electron chi connectivity index (χ3n) is 2.19. The quantitative estimate of drug-likeness (QED) is 0.681. The number of hydrogen-bond donors (Lipinski definition) is 1. The Morgan fingerprint density at radius 1 is 1.46 bits per heavy atom. The Morgan fingerprint density at radius 3 is 2.92 bits per heavy atom. The summed E-state index contributed by atoms with van der Waals surface area (Å²) in [6.07, 6.45) is 0.595. The largest absolute Gasteiger partial charge is 0.401 e. The zero-order valence-electron chi connectivity index (χ0n) is 6.84. The molecule has 2 N–H and O–H groups in total. The number of nitrogens with two attached hydrogens (primary N) is 1. The highest BCUT2D eigenvalue weighted by Crippen LogP contribution is 2.34. The predicted molar refractivity (Wildman–Crippen MR) is 51.9 cm³/mol. The number of halogens is 1. The van der Waals surface area contributed by atoms with Gasteiger partial charge in [0.15, 0.2) is 0 Å². The molecular formula is C10H7ClN2. The van der Waals surface area contributed by atoms with Gasteiger partial charge >= 0.3 is 0 Å². The Labute approximate surface area is 81.2 Å². The fourth-order valence-corrected chi connectivity index (χ4v) is 1.80. The summed E-state index contributed by atoms with van der Waals surface area (Å²) in [7, 11) is 0. The SMILES string of the molecule is N#CC1=C(N)Cc2c(Cl)cccc21. The van der Waals surface area contributed by atoms with Crippen molar-refractivity contribution in [1.82, 2.24) is 0 Å². The number of rotatable bonds is 0. The number of nitriles is 1. The van der Waals surface area contributed by atoms with Gasteiger partial charge < -0.3 is 5.73 Å². The van der Waals surface area contributed by atoms with Crippen LogP contribution in [0, 0.1) is 11.3 Å². The standard InChI is InChI=1S/C10H7ClN2/c11-9-3-1-2-6-7(9)4-10(13)8(6)5-12/h1-3H,4,13H2. The second kappa shape index (κ2) is 2.79. The molecule has 0 atom stereocenters. The van der Waals surface area contributed by atoms with Crippen molar-refractivity contribution in [1.29, 1.82) is 5.26 Å². The van der Waals surface area contributed by atoms with Crippen LogP contribution in [0.2, 0.25) is 5.02 Å². The Kier molecular flexibility index (Phi) is 1.75. The molecule has 3 heteroatoms. The summed E-state index contributed by atoms with van der Waals surface area (Å²) < 4.78 is 0. The van der Waals surface area contributed by atoms with Crippen LogP contribution in [0.25, 0.3) is 5.57 Å². The Bertz CT molecular complexity index is 441. The van der Waals surface area contributed by atoms with Gasteiger partial charge in [-0.2, -0.15) is 5.26 Å². The van der Waals surface area contributed by atoms with Crippen LogP contribution in [-0.4, -0.2) is 0 Å². The van der Waals surface area contributed by atoms with Crippen molar-refractivity contribution < 1.29 is 0 Å². The van der Waals surface area contributed by atoms with E-state index in [-0.39, 0.29) is 0 Å². The lowest BCUT2D eigenvalue weighted by Crippen LogP contribution is -1.97. The van der Waals surface area contributed by atoms with E-state index in [2.05, 4.69) is 6.07 Å². The van der Waals surface area contributed by atoms with Gasteiger partial charge in [-0.05, 0) is 17.2 Å². The van der Waals surface area contributed by atoms with Gasteiger partial charge in [0, 0.05) is 17.1 Å². The van der Waals surface area contributed by atoms with Crippen LogP contribution in [0.5, 0.6) is 0 Å². The molecule has 0 amide bonds. The number of fused-ring (bicyclic) bond motifs is 1. The van der Waals surface area contributed by atoms with Crippen molar-refractivity contribution in [3.05, 3.63) is 40.0 Å². The molecule has 0 unspecified atom stereocenters. The second-order valence-electron chi connectivity index (χ2n) is 2.95. The predicted octanol–water partition coefficient (Wildman–Crippen LogP) is 2.09. The molecule has 0 saturated heterocycles. The molecule has 0 saturated carbocycles. The van der Waals surface area contributed by atoms with E-state index in [1.54, 1.807) is 0 Å². The summed E-state index contributed by atoms with van der Waals surface area (Å²) in [6.45, 7) is 0. The molecule has 0 radical (unpaired) electrons. The molecule has 2 nitrogen and oxygen atoms in total. The van der Waals surface area contributed by atoms with E-state index in [9.17, 15) is 0 Å². The highest BCUT2D eigenvalue weighted by molar-refractivity contribution is 6.31. The van der Waals surface area contributed by atoms with Gasteiger partial charge in [-0.1, -0.05) is 23.7 Å². The summed E-state index contributed by atoms with van der Waals surface area (Å²) in [5.41, 5.74) is 8.74. The lowest BCUT2D eigenvalue weighted by molar-refractivity contribution is 1.16. The van der Waals surface area contributed by atoms with E-state index in [4.69, 9.17) is 22.6 Å². The summed E-state index contributed by atoms with van der Waals surface area (Å²) in [4.78, 5) is 0. The fraction of sp³-hybridized carbons (Fsp3) is 0.100. The maximum atomic E-state index is 8.84. The van der Waals surface area contributed by atoms with Gasteiger partial charge in [0.25, 0.3) is 0 Å². The average molecular weight is 191 g/mol. The molecule has 0 bridgehead atoms. The minimum absolute atomic E-state index is 0.567. The number of hydrogen-bond acceptors (Lipinski definition) is 2. The summed E-state index contributed by atoms with van der Waals surface area (Å²) in [6, 6.07) is 7.61. The zero-order valence-corrected chi connectivity index (χ0v) is 7.60. The van der Waals surface area contributed by atoms with Crippen molar-refractivity contribution in [3.8, 4) is 6.07 Å². The van der Waals surface area contributed by atoms with Gasteiger partial charge in [-0.25, -0.2) is 0 Å². The molecule has 13 heavy (non-hydrogen) atoms. The highest BCUT2D eigenvalue weighted by Gasteiger charge is 2.20. The Morgan fingerprint density at radius 2 is 2.23 bits per heavy atom. The number of benzene rings is 1. The molecule has 0 heterocycles. The number of nitrogens with zero attached hydrogens (tertiary/aromatic N) is 1.